The van der Waals surface area contributed by atoms with Gasteiger partial charge in [-0.15, -0.1) is 0 Å². The van der Waals surface area contributed by atoms with Gasteiger partial charge in [-0.2, -0.15) is 0 Å². The number of carbonyl (C=O) groups is 2. The highest BCUT2D eigenvalue weighted by Gasteiger charge is 2.19. The van der Waals surface area contributed by atoms with Crippen LogP contribution >= 0.6 is 0 Å². The molecule has 0 unspecified atom stereocenters. The van der Waals surface area contributed by atoms with Crippen LogP contribution in [0.1, 0.15) is 26.8 Å². The molecule has 6 nitrogen and oxygen atoms in total. The Labute approximate surface area is 119 Å². The highest BCUT2D eigenvalue weighted by molar-refractivity contribution is 6.06. The third-order valence-corrected chi connectivity index (χ3v) is 2.90. The van der Waals surface area contributed by atoms with E-state index in [1.54, 1.807) is 12.1 Å². The van der Waals surface area contributed by atoms with Crippen LogP contribution in [-0.4, -0.2) is 28.8 Å². The van der Waals surface area contributed by atoms with Crippen LogP contribution in [-0.2, 0) is 4.74 Å². The first kappa shape index (κ1) is 13.0. The van der Waals surface area contributed by atoms with Crippen LogP contribution in [0.5, 0.6) is 0 Å². The van der Waals surface area contributed by atoms with Gasteiger partial charge in [-0.3, -0.25) is 9.78 Å². The summed E-state index contributed by atoms with van der Waals surface area (Å²) in [7, 11) is 1.24. The number of fused-ring (bicyclic) bond motifs is 1. The Morgan fingerprint density at radius 3 is 2.52 bits per heavy atom. The molecule has 2 heterocycles. The van der Waals surface area contributed by atoms with E-state index >= 15 is 0 Å². The molecule has 3 aromatic rings. The molecule has 0 aliphatic rings. The fourth-order valence-electron chi connectivity index (χ4n) is 1.86. The molecule has 0 fully saturated rings. The van der Waals surface area contributed by atoms with Gasteiger partial charge in [0.1, 0.15) is 5.69 Å². The van der Waals surface area contributed by atoms with Crippen molar-refractivity contribution in [2.24, 2.45) is 0 Å². The molecular weight excluding hydrogens is 272 g/mol. The molecule has 2 aromatic heterocycles. The second-order valence-electron chi connectivity index (χ2n) is 4.23. The van der Waals surface area contributed by atoms with Gasteiger partial charge in [-0.05, 0) is 24.3 Å². The Morgan fingerprint density at radius 1 is 1.05 bits per heavy atom. The number of benzene rings is 1. The molecule has 0 amide bonds. The quantitative estimate of drug-likeness (QED) is 0.541. The van der Waals surface area contributed by atoms with Crippen molar-refractivity contribution in [1.29, 1.82) is 0 Å². The monoisotopic (exact) mass is 282 g/mol. The Morgan fingerprint density at radius 2 is 1.76 bits per heavy atom. The van der Waals surface area contributed by atoms with Crippen molar-refractivity contribution < 1.29 is 18.7 Å². The van der Waals surface area contributed by atoms with Crippen LogP contribution in [0.4, 0.5) is 0 Å². The van der Waals surface area contributed by atoms with Crippen LogP contribution < -0.4 is 0 Å². The van der Waals surface area contributed by atoms with E-state index in [1.807, 2.05) is 12.1 Å². The summed E-state index contributed by atoms with van der Waals surface area (Å²) < 4.78 is 9.69. The second-order valence-corrected chi connectivity index (χ2v) is 4.23. The SMILES string of the molecule is COC(=O)c1ccc(C(=O)c2cnc3ccccc3n2)o1. The molecule has 6 heteroatoms. The van der Waals surface area contributed by atoms with Crippen molar-refractivity contribution in [1.82, 2.24) is 9.97 Å². The highest BCUT2D eigenvalue weighted by Crippen LogP contribution is 2.15. The average Bonchev–Trinajstić information content (AvgIpc) is 3.03. The molecule has 0 saturated heterocycles. The van der Waals surface area contributed by atoms with Crippen molar-refractivity contribution in [3.05, 3.63) is 59.8 Å². The summed E-state index contributed by atoms with van der Waals surface area (Å²) in [5, 5.41) is 0. The van der Waals surface area contributed by atoms with Crippen molar-refractivity contribution in [3.63, 3.8) is 0 Å². The molecule has 0 N–H and O–H groups in total. The lowest BCUT2D eigenvalue weighted by atomic mass is 10.2. The Kier molecular flexibility index (Phi) is 3.19. The largest absolute Gasteiger partial charge is 0.463 e. The Balaban J connectivity index is 1.96. The van der Waals surface area contributed by atoms with Gasteiger partial charge in [0.15, 0.2) is 5.76 Å². The molecule has 0 aliphatic heterocycles. The van der Waals surface area contributed by atoms with Gasteiger partial charge in [-0.25, -0.2) is 9.78 Å². The van der Waals surface area contributed by atoms with Gasteiger partial charge in [0.2, 0.25) is 11.5 Å². The summed E-state index contributed by atoms with van der Waals surface area (Å²) in [5.41, 5.74) is 1.46. The Bertz CT molecular complexity index is 838. The minimum absolute atomic E-state index is 0.0139. The lowest BCUT2D eigenvalue weighted by Crippen LogP contribution is -2.04. The third-order valence-electron chi connectivity index (χ3n) is 2.90. The van der Waals surface area contributed by atoms with Crippen molar-refractivity contribution in [3.8, 4) is 0 Å². The van der Waals surface area contributed by atoms with Crippen LogP contribution in [0.25, 0.3) is 11.0 Å². The van der Waals surface area contributed by atoms with Gasteiger partial charge < -0.3 is 9.15 Å². The van der Waals surface area contributed by atoms with Gasteiger partial charge in [0.25, 0.3) is 0 Å². The van der Waals surface area contributed by atoms with Crippen molar-refractivity contribution >= 4 is 22.8 Å². The maximum Gasteiger partial charge on any atom is 0.373 e. The molecule has 1 aromatic carbocycles. The van der Waals surface area contributed by atoms with E-state index in [0.717, 1.165) is 0 Å². The number of furan rings is 1. The van der Waals surface area contributed by atoms with E-state index in [2.05, 4.69) is 14.7 Å². The zero-order chi connectivity index (χ0) is 14.8. The van der Waals surface area contributed by atoms with E-state index in [9.17, 15) is 9.59 Å². The number of ketones is 1. The molecule has 0 saturated carbocycles. The zero-order valence-corrected chi connectivity index (χ0v) is 11.1. The standard InChI is InChI=1S/C15H10N2O4/c1-20-15(19)13-7-6-12(21-13)14(18)11-8-16-9-4-2-3-5-10(9)17-11/h2-8H,1H3. The van der Waals surface area contributed by atoms with Gasteiger partial charge in [-0.1, -0.05) is 12.1 Å². The number of aromatic nitrogens is 2. The summed E-state index contributed by atoms with van der Waals surface area (Å²) >= 11 is 0. The van der Waals surface area contributed by atoms with Crippen LogP contribution in [0.3, 0.4) is 0 Å². The summed E-state index contributed by atoms with van der Waals surface area (Å²) in [6.07, 6.45) is 1.38. The van der Waals surface area contributed by atoms with Gasteiger partial charge in [0, 0.05) is 0 Å². The predicted molar refractivity (Wildman–Crippen MR) is 73.0 cm³/mol. The van der Waals surface area contributed by atoms with Crippen molar-refractivity contribution in [2.45, 2.75) is 0 Å². The Hall–Kier alpha value is -3.02. The molecular formula is C15H10N2O4. The minimum atomic E-state index is -0.640. The topological polar surface area (TPSA) is 82.3 Å². The van der Waals surface area contributed by atoms with E-state index in [4.69, 9.17) is 4.42 Å². The normalized spacial score (nSPS) is 10.5. The molecule has 0 radical (unpaired) electrons. The number of methoxy groups -OCH3 is 1. The number of esters is 1. The average molecular weight is 282 g/mol. The van der Waals surface area contributed by atoms with E-state index < -0.39 is 11.8 Å². The van der Waals surface area contributed by atoms with E-state index in [0.29, 0.717) is 11.0 Å². The number of carbonyl (C=O) groups excluding carboxylic acids is 2. The maximum absolute atomic E-state index is 12.3. The minimum Gasteiger partial charge on any atom is -0.463 e. The first-order valence-corrected chi connectivity index (χ1v) is 6.13. The fourth-order valence-corrected chi connectivity index (χ4v) is 1.86. The van der Waals surface area contributed by atoms with Crippen molar-refractivity contribution in [2.75, 3.05) is 7.11 Å². The van der Waals surface area contributed by atoms with Crippen LogP contribution in [0.15, 0.2) is 47.0 Å². The lowest BCUT2D eigenvalue weighted by molar-refractivity contribution is 0.0563. The number of hydrogen-bond donors (Lipinski definition) is 0. The van der Waals surface area contributed by atoms with Crippen LogP contribution in [0, 0.1) is 0 Å². The van der Waals surface area contributed by atoms with Crippen LogP contribution in [0.2, 0.25) is 0 Å². The smallest absolute Gasteiger partial charge is 0.373 e. The van der Waals surface area contributed by atoms with Gasteiger partial charge in [0.05, 0.1) is 24.3 Å². The highest BCUT2D eigenvalue weighted by atomic mass is 16.5. The fraction of sp³-hybridized carbons (Fsp3) is 0.0667. The third kappa shape index (κ3) is 2.38. The number of para-hydroxylation sites is 2. The maximum atomic E-state index is 12.3. The number of hydrogen-bond acceptors (Lipinski definition) is 6. The molecule has 104 valence electrons. The van der Waals surface area contributed by atoms with E-state index in [1.165, 1.54) is 25.4 Å². The summed E-state index contributed by atoms with van der Waals surface area (Å²) in [5.74, 6) is -1.10. The summed E-state index contributed by atoms with van der Waals surface area (Å²) in [6.45, 7) is 0. The number of nitrogens with zero attached hydrogens (tertiary/aromatic N) is 2. The molecule has 21 heavy (non-hydrogen) atoms. The second kappa shape index (κ2) is 5.16. The van der Waals surface area contributed by atoms with Gasteiger partial charge >= 0.3 is 5.97 Å². The number of ether oxygens (including phenoxy) is 1. The molecule has 0 aliphatic carbocycles. The molecule has 0 spiro atoms. The lowest BCUT2D eigenvalue weighted by Gasteiger charge is -1.99. The molecule has 3 rings (SSSR count). The number of rotatable bonds is 3. The zero-order valence-electron chi connectivity index (χ0n) is 11.1. The molecule has 0 bridgehead atoms. The molecule has 0 atom stereocenters. The first-order chi connectivity index (χ1) is 10.2. The summed E-state index contributed by atoms with van der Waals surface area (Å²) in [6, 6.07) is 10.0. The van der Waals surface area contributed by atoms with E-state index in [-0.39, 0.29) is 17.2 Å². The predicted octanol–water partition coefficient (Wildman–Crippen LogP) is 2.24. The first-order valence-electron chi connectivity index (χ1n) is 6.13. The summed E-state index contributed by atoms with van der Waals surface area (Å²) in [4.78, 5) is 32.0.